The van der Waals surface area contributed by atoms with E-state index >= 15 is 0 Å². The number of quaternary nitrogens is 2. The van der Waals surface area contributed by atoms with Gasteiger partial charge in [0.15, 0.2) is 6.54 Å². The van der Waals surface area contributed by atoms with E-state index in [9.17, 15) is 4.79 Å². The lowest BCUT2D eigenvalue weighted by Crippen LogP contribution is -3.28. The van der Waals surface area contributed by atoms with Crippen molar-refractivity contribution in [2.24, 2.45) is 0 Å². The van der Waals surface area contributed by atoms with Crippen LogP contribution in [-0.2, 0) is 4.79 Å². The summed E-state index contributed by atoms with van der Waals surface area (Å²) in [6.07, 6.45) is 0. The van der Waals surface area contributed by atoms with Crippen LogP contribution in [0.25, 0.3) is 0 Å². The van der Waals surface area contributed by atoms with Crippen molar-refractivity contribution in [1.82, 2.24) is 0 Å². The second-order valence-corrected chi connectivity index (χ2v) is 7.15. The van der Waals surface area contributed by atoms with Crippen LogP contribution in [-0.4, -0.2) is 38.6 Å². The number of amides is 1. The molecule has 0 spiro atoms. The van der Waals surface area contributed by atoms with Gasteiger partial charge in [0, 0.05) is 5.56 Å². The molecule has 1 aliphatic heterocycles. The zero-order valence-corrected chi connectivity index (χ0v) is 15.4. The van der Waals surface area contributed by atoms with Crippen LogP contribution in [0, 0.1) is 0 Å². The number of anilines is 1. The molecule has 3 N–H and O–H groups in total. The van der Waals surface area contributed by atoms with Gasteiger partial charge in [0.05, 0.1) is 10.7 Å². The van der Waals surface area contributed by atoms with Crippen molar-refractivity contribution < 1.29 is 14.6 Å². The average molecular weight is 360 g/mol. The highest BCUT2D eigenvalue weighted by Gasteiger charge is 2.28. The fourth-order valence-corrected chi connectivity index (χ4v) is 3.68. The van der Waals surface area contributed by atoms with Gasteiger partial charge >= 0.3 is 0 Å². The second-order valence-electron chi connectivity index (χ2n) is 6.75. The molecule has 1 amide bonds. The Morgan fingerprint density at radius 2 is 1.68 bits per heavy atom. The molecule has 0 unspecified atom stereocenters. The summed E-state index contributed by atoms with van der Waals surface area (Å²) in [4.78, 5) is 15.2. The van der Waals surface area contributed by atoms with Gasteiger partial charge in [-0.25, -0.2) is 0 Å². The van der Waals surface area contributed by atoms with Crippen LogP contribution in [0.5, 0.6) is 0 Å². The standard InChI is InChI=1S/C20H24ClN3O/c1-16(17-7-3-2-4-8-17)24-13-11-23(12-14-24)15-20(25)22-19-10-6-5-9-18(19)21/h2-10,16H,11-15H2,1H3,(H,22,25)/p+2/t16-/m0/s1. The van der Waals surface area contributed by atoms with Crippen LogP contribution < -0.4 is 15.1 Å². The van der Waals surface area contributed by atoms with Crippen LogP contribution in [0.3, 0.4) is 0 Å². The maximum absolute atomic E-state index is 12.3. The quantitative estimate of drug-likeness (QED) is 0.726. The Balaban J connectivity index is 1.48. The summed E-state index contributed by atoms with van der Waals surface area (Å²) in [5, 5.41) is 3.50. The maximum Gasteiger partial charge on any atom is 0.279 e. The van der Waals surface area contributed by atoms with Gasteiger partial charge in [-0.3, -0.25) is 4.79 Å². The molecule has 0 saturated carbocycles. The first-order valence-corrected chi connectivity index (χ1v) is 9.29. The number of carbonyl (C=O) groups excluding carboxylic acids is 1. The van der Waals surface area contributed by atoms with Crippen molar-refractivity contribution in [2.45, 2.75) is 13.0 Å². The number of para-hydroxylation sites is 1. The van der Waals surface area contributed by atoms with E-state index in [1.165, 1.54) is 10.5 Å². The number of piperazine rings is 1. The van der Waals surface area contributed by atoms with Gasteiger partial charge in [0.25, 0.3) is 5.91 Å². The monoisotopic (exact) mass is 359 g/mol. The molecule has 1 heterocycles. The lowest BCUT2D eigenvalue weighted by molar-refractivity contribution is -1.02. The van der Waals surface area contributed by atoms with E-state index in [1.54, 1.807) is 11.0 Å². The number of hydrogen-bond acceptors (Lipinski definition) is 1. The number of halogens is 1. The molecule has 3 rings (SSSR count). The maximum atomic E-state index is 12.3. The topological polar surface area (TPSA) is 38.0 Å². The van der Waals surface area contributed by atoms with E-state index in [2.05, 4.69) is 42.6 Å². The van der Waals surface area contributed by atoms with Gasteiger partial charge in [0.1, 0.15) is 32.2 Å². The summed E-state index contributed by atoms with van der Waals surface area (Å²) in [6, 6.07) is 18.5. The van der Waals surface area contributed by atoms with Crippen LogP contribution in [0.15, 0.2) is 54.6 Å². The molecule has 25 heavy (non-hydrogen) atoms. The molecule has 132 valence electrons. The van der Waals surface area contributed by atoms with Crippen LogP contribution in [0.1, 0.15) is 18.5 Å². The highest BCUT2D eigenvalue weighted by atomic mass is 35.5. The fraction of sp³-hybridized carbons (Fsp3) is 0.350. The van der Waals surface area contributed by atoms with Gasteiger partial charge in [0.2, 0.25) is 0 Å². The van der Waals surface area contributed by atoms with Crippen molar-refractivity contribution in [3.8, 4) is 0 Å². The summed E-state index contributed by atoms with van der Waals surface area (Å²) >= 11 is 6.10. The summed E-state index contributed by atoms with van der Waals surface area (Å²) in [7, 11) is 0. The molecule has 0 radical (unpaired) electrons. The summed E-state index contributed by atoms with van der Waals surface area (Å²) in [6.45, 7) is 7.00. The van der Waals surface area contributed by atoms with Gasteiger partial charge in [-0.05, 0) is 19.1 Å². The Bertz CT molecular complexity index is 699. The van der Waals surface area contributed by atoms with E-state index in [0.29, 0.717) is 23.3 Å². The van der Waals surface area contributed by atoms with Crippen LogP contribution in [0.2, 0.25) is 5.02 Å². The lowest BCUT2D eigenvalue weighted by Gasteiger charge is -2.33. The molecule has 1 atom stereocenters. The summed E-state index contributed by atoms with van der Waals surface area (Å²) < 4.78 is 0. The minimum atomic E-state index is 0.0302. The Morgan fingerprint density at radius 3 is 2.36 bits per heavy atom. The zero-order valence-electron chi connectivity index (χ0n) is 14.6. The van der Waals surface area contributed by atoms with E-state index in [-0.39, 0.29) is 5.91 Å². The molecule has 2 aromatic rings. The third kappa shape index (κ3) is 4.82. The number of rotatable bonds is 5. The van der Waals surface area contributed by atoms with E-state index < -0.39 is 0 Å². The van der Waals surface area contributed by atoms with E-state index in [1.807, 2.05) is 18.2 Å². The Labute approximate surface area is 154 Å². The third-order valence-corrected chi connectivity index (χ3v) is 5.40. The molecule has 1 saturated heterocycles. The molecular weight excluding hydrogens is 334 g/mol. The largest absolute Gasteiger partial charge is 0.320 e. The van der Waals surface area contributed by atoms with Crippen molar-refractivity contribution >= 4 is 23.2 Å². The first-order chi connectivity index (χ1) is 12.1. The molecule has 2 aromatic carbocycles. The van der Waals surface area contributed by atoms with Crippen LogP contribution in [0.4, 0.5) is 5.69 Å². The Kier molecular flexibility index (Phi) is 6.08. The Hall–Kier alpha value is -1.88. The fourth-order valence-electron chi connectivity index (χ4n) is 3.50. The smallest absolute Gasteiger partial charge is 0.279 e. The molecule has 0 aromatic heterocycles. The predicted octanol–water partition coefficient (Wildman–Crippen LogP) is 0.823. The molecule has 1 aliphatic rings. The molecule has 5 heteroatoms. The molecular formula is C20H26ClN3O+2. The van der Waals surface area contributed by atoms with Gasteiger partial charge in [-0.2, -0.15) is 0 Å². The Morgan fingerprint density at radius 1 is 1.04 bits per heavy atom. The molecule has 0 aliphatic carbocycles. The highest BCUT2D eigenvalue weighted by molar-refractivity contribution is 6.33. The van der Waals surface area contributed by atoms with Crippen molar-refractivity contribution in [3.05, 3.63) is 65.2 Å². The number of carbonyl (C=O) groups is 1. The first-order valence-electron chi connectivity index (χ1n) is 8.91. The normalized spacial score (nSPS) is 21.5. The van der Waals surface area contributed by atoms with E-state index in [0.717, 1.165) is 26.2 Å². The highest BCUT2D eigenvalue weighted by Crippen LogP contribution is 2.19. The van der Waals surface area contributed by atoms with Crippen molar-refractivity contribution in [3.63, 3.8) is 0 Å². The molecule has 1 fully saturated rings. The number of benzene rings is 2. The molecule has 4 nitrogen and oxygen atoms in total. The van der Waals surface area contributed by atoms with E-state index in [4.69, 9.17) is 11.6 Å². The number of hydrogen-bond donors (Lipinski definition) is 3. The average Bonchev–Trinajstić information content (AvgIpc) is 2.64. The molecule has 0 bridgehead atoms. The van der Waals surface area contributed by atoms with Gasteiger partial charge < -0.3 is 15.1 Å². The minimum absolute atomic E-state index is 0.0302. The summed E-state index contributed by atoms with van der Waals surface area (Å²) in [5.41, 5.74) is 2.08. The third-order valence-electron chi connectivity index (χ3n) is 5.07. The minimum Gasteiger partial charge on any atom is -0.320 e. The lowest BCUT2D eigenvalue weighted by atomic mass is 10.1. The van der Waals surface area contributed by atoms with Crippen LogP contribution >= 0.6 is 11.6 Å². The van der Waals surface area contributed by atoms with Gasteiger partial charge in [-0.1, -0.05) is 54.1 Å². The number of nitrogens with one attached hydrogen (secondary N) is 3. The first kappa shape index (κ1) is 17.9. The van der Waals surface area contributed by atoms with Crippen molar-refractivity contribution in [1.29, 1.82) is 0 Å². The van der Waals surface area contributed by atoms with Crippen molar-refractivity contribution in [2.75, 3.05) is 38.0 Å². The predicted molar refractivity (Wildman–Crippen MR) is 101 cm³/mol. The second kappa shape index (κ2) is 8.48. The SMILES string of the molecule is C[C@@H](c1ccccc1)[NH+]1CC[NH+](CC(=O)Nc2ccccc2Cl)CC1. The van der Waals surface area contributed by atoms with Gasteiger partial charge in [-0.15, -0.1) is 0 Å². The summed E-state index contributed by atoms with van der Waals surface area (Å²) in [5.74, 6) is 0.0302. The zero-order chi connectivity index (χ0) is 17.6.